The maximum atomic E-state index is 12.9. The predicted molar refractivity (Wildman–Crippen MR) is 87.8 cm³/mol. The highest BCUT2D eigenvalue weighted by atomic mass is 32.1. The molecule has 3 rings (SSSR count). The minimum atomic E-state index is -0.270. The van der Waals surface area contributed by atoms with Gasteiger partial charge in [0.15, 0.2) is 0 Å². The quantitative estimate of drug-likeness (QED) is 0.914. The first-order valence-corrected chi connectivity index (χ1v) is 8.61. The lowest BCUT2D eigenvalue weighted by molar-refractivity contribution is -0.121. The molecule has 0 bridgehead atoms. The fourth-order valence-corrected chi connectivity index (χ4v) is 3.50. The van der Waals surface area contributed by atoms with E-state index < -0.39 is 0 Å². The first kappa shape index (κ1) is 16.1. The summed E-state index contributed by atoms with van der Waals surface area (Å²) in [5.74, 6) is -0.322. The zero-order chi connectivity index (χ0) is 16.2. The highest BCUT2D eigenvalue weighted by Gasteiger charge is 2.23. The van der Waals surface area contributed by atoms with E-state index in [0.29, 0.717) is 0 Å². The zero-order valence-electron chi connectivity index (χ0n) is 12.9. The van der Waals surface area contributed by atoms with Gasteiger partial charge in [-0.25, -0.2) is 9.37 Å². The molecule has 1 aromatic heterocycles. The van der Waals surface area contributed by atoms with Crippen LogP contribution in [0.15, 0.2) is 29.6 Å². The van der Waals surface area contributed by atoms with Crippen LogP contribution in [-0.4, -0.2) is 29.6 Å². The molecule has 0 saturated carbocycles. The van der Waals surface area contributed by atoms with E-state index in [0.717, 1.165) is 35.7 Å². The molecule has 1 aromatic carbocycles. The second-order valence-corrected chi connectivity index (χ2v) is 6.59. The second-order valence-electron chi connectivity index (χ2n) is 5.74. The van der Waals surface area contributed by atoms with Crippen molar-refractivity contribution in [2.45, 2.75) is 38.3 Å². The number of rotatable bonds is 5. The fraction of sp³-hybridized carbons (Fsp3) is 0.412. The number of benzene rings is 1. The number of nitrogens with zero attached hydrogens (tertiary/aromatic N) is 1. The van der Waals surface area contributed by atoms with Gasteiger partial charge >= 0.3 is 0 Å². The van der Waals surface area contributed by atoms with Crippen molar-refractivity contribution in [1.82, 2.24) is 10.3 Å². The van der Waals surface area contributed by atoms with Crippen LogP contribution in [0.25, 0.3) is 10.6 Å². The fourth-order valence-electron chi connectivity index (χ4n) is 2.67. The number of carbonyl (C=O) groups excluding carboxylic acids is 1. The summed E-state index contributed by atoms with van der Waals surface area (Å²) in [5, 5.41) is 5.64. The Kier molecular flexibility index (Phi) is 5.03. The van der Waals surface area contributed by atoms with Crippen molar-refractivity contribution in [3.63, 3.8) is 0 Å². The molecule has 122 valence electrons. The van der Waals surface area contributed by atoms with Crippen molar-refractivity contribution < 1.29 is 13.9 Å². The Morgan fingerprint density at radius 2 is 2.26 bits per heavy atom. The largest absolute Gasteiger partial charge is 0.376 e. The molecule has 1 aliphatic heterocycles. The first-order valence-electron chi connectivity index (χ1n) is 7.73. The van der Waals surface area contributed by atoms with Crippen molar-refractivity contribution in [3.8, 4) is 10.6 Å². The van der Waals surface area contributed by atoms with Crippen LogP contribution in [0, 0.1) is 5.82 Å². The minimum Gasteiger partial charge on any atom is -0.376 e. The van der Waals surface area contributed by atoms with E-state index in [-0.39, 0.29) is 30.3 Å². The lowest BCUT2D eigenvalue weighted by Gasteiger charge is -2.19. The van der Waals surface area contributed by atoms with Gasteiger partial charge in [-0.1, -0.05) is 0 Å². The summed E-state index contributed by atoms with van der Waals surface area (Å²) in [5.41, 5.74) is 1.59. The molecule has 2 unspecified atom stereocenters. The summed E-state index contributed by atoms with van der Waals surface area (Å²) in [4.78, 5) is 16.6. The maximum absolute atomic E-state index is 12.9. The molecule has 0 radical (unpaired) electrons. The van der Waals surface area contributed by atoms with E-state index >= 15 is 0 Å². The van der Waals surface area contributed by atoms with E-state index in [4.69, 9.17) is 4.74 Å². The summed E-state index contributed by atoms with van der Waals surface area (Å²) in [7, 11) is 0. The van der Waals surface area contributed by atoms with Gasteiger partial charge in [0, 0.05) is 17.6 Å². The Balaban J connectivity index is 1.57. The van der Waals surface area contributed by atoms with E-state index in [2.05, 4.69) is 10.3 Å². The third kappa shape index (κ3) is 4.14. The van der Waals surface area contributed by atoms with E-state index in [9.17, 15) is 9.18 Å². The van der Waals surface area contributed by atoms with Gasteiger partial charge in [-0.3, -0.25) is 4.79 Å². The summed E-state index contributed by atoms with van der Waals surface area (Å²) in [6.07, 6.45) is 2.41. The number of amides is 1. The number of thiazole rings is 1. The number of nitrogens with one attached hydrogen (secondary N) is 1. The number of ether oxygens (including phenoxy) is 1. The lowest BCUT2D eigenvalue weighted by Crippen LogP contribution is -2.41. The SMILES string of the molecule is CC(NC(=O)Cc1csc(-c2ccc(F)cc2)n1)C1CCCO1. The van der Waals surface area contributed by atoms with Crippen LogP contribution in [0.2, 0.25) is 0 Å². The van der Waals surface area contributed by atoms with Crippen LogP contribution in [0.5, 0.6) is 0 Å². The van der Waals surface area contributed by atoms with Gasteiger partial charge in [-0.15, -0.1) is 11.3 Å². The van der Waals surface area contributed by atoms with E-state index in [1.807, 2.05) is 12.3 Å². The van der Waals surface area contributed by atoms with Crippen LogP contribution in [-0.2, 0) is 16.0 Å². The molecular weight excluding hydrogens is 315 g/mol. The maximum Gasteiger partial charge on any atom is 0.226 e. The van der Waals surface area contributed by atoms with Crippen LogP contribution >= 0.6 is 11.3 Å². The number of hydrogen-bond acceptors (Lipinski definition) is 4. The average molecular weight is 334 g/mol. The molecule has 1 N–H and O–H groups in total. The van der Waals surface area contributed by atoms with Crippen molar-refractivity contribution in [2.75, 3.05) is 6.61 Å². The molecule has 1 saturated heterocycles. The van der Waals surface area contributed by atoms with Gasteiger partial charge < -0.3 is 10.1 Å². The number of aromatic nitrogens is 1. The lowest BCUT2D eigenvalue weighted by atomic mass is 10.1. The first-order chi connectivity index (χ1) is 11.1. The molecular formula is C17H19FN2O2S. The molecule has 4 nitrogen and oxygen atoms in total. The van der Waals surface area contributed by atoms with Crippen LogP contribution < -0.4 is 5.32 Å². The number of carbonyl (C=O) groups is 1. The van der Waals surface area contributed by atoms with Gasteiger partial charge in [0.25, 0.3) is 0 Å². The van der Waals surface area contributed by atoms with Gasteiger partial charge in [0.1, 0.15) is 10.8 Å². The number of halogens is 1. The Labute approximate surface area is 138 Å². The monoisotopic (exact) mass is 334 g/mol. The smallest absolute Gasteiger partial charge is 0.226 e. The van der Waals surface area contributed by atoms with Gasteiger partial charge in [-0.05, 0) is 44.0 Å². The molecule has 2 aromatic rings. The highest BCUT2D eigenvalue weighted by molar-refractivity contribution is 7.13. The molecule has 6 heteroatoms. The molecule has 0 aliphatic carbocycles. The topological polar surface area (TPSA) is 51.2 Å². The second kappa shape index (κ2) is 7.19. The standard InChI is InChI=1S/C17H19FN2O2S/c1-11(15-3-2-8-22-15)19-16(21)9-14-10-23-17(20-14)12-4-6-13(18)7-5-12/h4-7,10-11,15H,2-3,8-9H2,1H3,(H,19,21). The third-order valence-corrected chi connectivity index (χ3v) is 4.84. The highest BCUT2D eigenvalue weighted by Crippen LogP contribution is 2.24. The van der Waals surface area contributed by atoms with Crippen molar-refractivity contribution >= 4 is 17.2 Å². The molecule has 2 atom stereocenters. The van der Waals surface area contributed by atoms with Gasteiger partial charge in [-0.2, -0.15) is 0 Å². The summed E-state index contributed by atoms with van der Waals surface area (Å²) >= 11 is 1.46. The molecule has 1 amide bonds. The Hall–Kier alpha value is -1.79. The molecule has 23 heavy (non-hydrogen) atoms. The number of hydrogen-bond donors (Lipinski definition) is 1. The Morgan fingerprint density at radius 1 is 1.48 bits per heavy atom. The third-order valence-electron chi connectivity index (χ3n) is 3.90. The van der Waals surface area contributed by atoms with E-state index in [1.165, 1.54) is 23.5 Å². The van der Waals surface area contributed by atoms with Crippen molar-refractivity contribution in [3.05, 3.63) is 41.2 Å². The zero-order valence-corrected chi connectivity index (χ0v) is 13.7. The van der Waals surface area contributed by atoms with E-state index in [1.54, 1.807) is 12.1 Å². The Morgan fingerprint density at radius 3 is 2.96 bits per heavy atom. The molecule has 1 aliphatic rings. The minimum absolute atomic E-state index is 0.0141. The van der Waals surface area contributed by atoms with Crippen LogP contribution in [0.1, 0.15) is 25.5 Å². The van der Waals surface area contributed by atoms with Crippen molar-refractivity contribution in [1.29, 1.82) is 0 Å². The van der Waals surface area contributed by atoms with Gasteiger partial charge in [0.2, 0.25) is 5.91 Å². The molecule has 1 fully saturated rings. The summed E-state index contributed by atoms with van der Waals surface area (Å²) < 4.78 is 18.5. The van der Waals surface area contributed by atoms with Crippen molar-refractivity contribution in [2.24, 2.45) is 0 Å². The average Bonchev–Trinajstić information content (AvgIpc) is 3.19. The summed E-state index contributed by atoms with van der Waals surface area (Å²) in [6, 6.07) is 6.22. The van der Waals surface area contributed by atoms with Gasteiger partial charge in [0.05, 0.1) is 24.3 Å². The molecule has 2 heterocycles. The normalized spacial score (nSPS) is 18.8. The van der Waals surface area contributed by atoms with Crippen LogP contribution in [0.3, 0.4) is 0 Å². The molecule has 0 spiro atoms. The summed E-state index contributed by atoms with van der Waals surface area (Å²) in [6.45, 7) is 2.75. The predicted octanol–water partition coefficient (Wildman–Crippen LogP) is 3.18. The Bertz CT molecular complexity index is 665. The van der Waals surface area contributed by atoms with Crippen LogP contribution in [0.4, 0.5) is 4.39 Å².